The largest absolute Gasteiger partial charge is 0.243 e. The molecule has 0 bridgehead atoms. The SMILES string of the molecule is CCC1CCCN1S(=O)(=O)c1ccc2c(c1)CCCC2. The van der Waals surface area contributed by atoms with Crippen molar-refractivity contribution >= 4 is 10.0 Å². The van der Waals surface area contributed by atoms with E-state index >= 15 is 0 Å². The minimum absolute atomic E-state index is 0.191. The lowest BCUT2D eigenvalue weighted by molar-refractivity contribution is 0.379. The van der Waals surface area contributed by atoms with Gasteiger partial charge in [0.25, 0.3) is 0 Å². The van der Waals surface area contributed by atoms with Crippen molar-refractivity contribution in [1.29, 1.82) is 0 Å². The van der Waals surface area contributed by atoms with Gasteiger partial charge in [0.15, 0.2) is 0 Å². The Bertz CT molecular complexity index is 594. The van der Waals surface area contributed by atoms with E-state index in [0.29, 0.717) is 11.4 Å². The zero-order valence-corrected chi connectivity index (χ0v) is 13.0. The molecule has 0 amide bonds. The third-order valence-corrected chi connectivity index (χ3v) is 6.67. The summed E-state index contributed by atoms with van der Waals surface area (Å²) in [6, 6.07) is 5.95. The predicted molar refractivity (Wildman–Crippen MR) is 80.3 cm³/mol. The van der Waals surface area contributed by atoms with Gasteiger partial charge in [-0.15, -0.1) is 0 Å². The quantitative estimate of drug-likeness (QED) is 0.858. The molecule has 1 aromatic carbocycles. The minimum Gasteiger partial charge on any atom is -0.207 e. The van der Waals surface area contributed by atoms with E-state index < -0.39 is 10.0 Å². The first-order valence-corrected chi connectivity index (χ1v) is 9.20. The van der Waals surface area contributed by atoms with E-state index in [1.165, 1.54) is 24.0 Å². The molecule has 0 N–H and O–H groups in total. The van der Waals surface area contributed by atoms with Crippen LogP contribution in [-0.2, 0) is 22.9 Å². The van der Waals surface area contributed by atoms with Gasteiger partial charge in [0.1, 0.15) is 0 Å². The molecule has 1 unspecified atom stereocenters. The standard InChI is InChI=1S/C16H23NO2S/c1-2-15-8-5-11-17(15)20(18,19)16-10-9-13-6-3-4-7-14(13)12-16/h9-10,12,15H,2-8,11H2,1H3. The van der Waals surface area contributed by atoms with Crippen LogP contribution in [0.15, 0.2) is 23.1 Å². The predicted octanol–water partition coefficient (Wildman–Crippen LogP) is 3.13. The Morgan fingerprint density at radius 1 is 1.15 bits per heavy atom. The molecule has 110 valence electrons. The molecule has 1 fully saturated rings. The van der Waals surface area contributed by atoms with Gasteiger partial charge in [-0.1, -0.05) is 13.0 Å². The van der Waals surface area contributed by atoms with E-state index in [0.717, 1.165) is 32.1 Å². The van der Waals surface area contributed by atoms with E-state index in [4.69, 9.17) is 0 Å². The zero-order chi connectivity index (χ0) is 14.2. The van der Waals surface area contributed by atoms with Crippen molar-refractivity contribution in [3.63, 3.8) is 0 Å². The lowest BCUT2D eigenvalue weighted by Gasteiger charge is -2.24. The number of hydrogen-bond donors (Lipinski definition) is 0. The number of sulfonamides is 1. The zero-order valence-electron chi connectivity index (χ0n) is 12.1. The third kappa shape index (κ3) is 2.40. The second-order valence-corrected chi connectivity index (χ2v) is 7.85. The molecule has 1 heterocycles. The molecule has 2 aliphatic rings. The second-order valence-electron chi connectivity index (χ2n) is 5.96. The van der Waals surface area contributed by atoms with Gasteiger partial charge in [-0.05, 0) is 68.2 Å². The summed E-state index contributed by atoms with van der Waals surface area (Å²) < 4.78 is 27.4. The van der Waals surface area contributed by atoms with E-state index in [1.807, 2.05) is 18.2 Å². The maximum atomic E-state index is 12.8. The van der Waals surface area contributed by atoms with Gasteiger partial charge in [0.05, 0.1) is 4.90 Å². The molecule has 1 aliphatic heterocycles. The summed E-state index contributed by atoms with van der Waals surface area (Å²) in [6.45, 7) is 2.75. The first-order chi connectivity index (χ1) is 9.63. The van der Waals surface area contributed by atoms with Crippen molar-refractivity contribution in [3.05, 3.63) is 29.3 Å². The van der Waals surface area contributed by atoms with Crippen LogP contribution in [0.4, 0.5) is 0 Å². The molecule has 3 rings (SSSR count). The average molecular weight is 293 g/mol. The van der Waals surface area contributed by atoms with Crippen LogP contribution in [-0.4, -0.2) is 25.3 Å². The summed E-state index contributed by atoms with van der Waals surface area (Å²) >= 11 is 0. The monoisotopic (exact) mass is 293 g/mol. The van der Waals surface area contributed by atoms with Crippen molar-refractivity contribution in [2.75, 3.05) is 6.54 Å². The van der Waals surface area contributed by atoms with Crippen molar-refractivity contribution in [2.45, 2.75) is 62.8 Å². The summed E-state index contributed by atoms with van der Waals surface area (Å²) in [6.07, 6.45) is 7.42. The fourth-order valence-electron chi connectivity index (χ4n) is 3.54. The van der Waals surface area contributed by atoms with Crippen LogP contribution in [0.25, 0.3) is 0 Å². The smallest absolute Gasteiger partial charge is 0.207 e. The minimum atomic E-state index is -3.30. The molecular weight excluding hydrogens is 270 g/mol. The number of fused-ring (bicyclic) bond motifs is 1. The van der Waals surface area contributed by atoms with E-state index in [2.05, 4.69) is 6.92 Å². The highest BCUT2D eigenvalue weighted by Crippen LogP contribution is 2.30. The number of hydrogen-bond acceptors (Lipinski definition) is 2. The lowest BCUT2D eigenvalue weighted by atomic mass is 9.92. The normalized spacial score (nSPS) is 23.8. The maximum Gasteiger partial charge on any atom is 0.243 e. The molecule has 1 aliphatic carbocycles. The average Bonchev–Trinajstić information content (AvgIpc) is 2.96. The van der Waals surface area contributed by atoms with E-state index in [1.54, 1.807) is 4.31 Å². The summed E-state index contributed by atoms with van der Waals surface area (Å²) in [4.78, 5) is 0.499. The van der Waals surface area contributed by atoms with Crippen LogP contribution in [0, 0.1) is 0 Å². The molecule has 1 saturated heterocycles. The van der Waals surface area contributed by atoms with E-state index in [-0.39, 0.29) is 6.04 Å². The van der Waals surface area contributed by atoms with Crippen LogP contribution < -0.4 is 0 Å². The Morgan fingerprint density at radius 3 is 2.65 bits per heavy atom. The molecule has 0 spiro atoms. The van der Waals surface area contributed by atoms with Crippen molar-refractivity contribution in [3.8, 4) is 0 Å². The molecule has 3 nitrogen and oxygen atoms in total. The van der Waals surface area contributed by atoms with Crippen molar-refractivity contribution < 1.29 is 8.42 Å². The first kappa shape index (κ1) is 14.1. The Balaban J connectivity index is 1.95. The molecule has 0 aromatic heterocycles. The Hall–Kier alpha value is -0.870. The van der Waals surface area contributed by atoms with E-state index in [9.17, 15) is 8.42 Å². The number of benzene rings is 1. The summed E-state index contributed by atoms with van der Waals surface area (Å²) in [7, 11) is -3.30. The molecule has 0 saturated carbocycles. The van der Waals surface area contributed by atoms with Gasteiger partial charge < -0.3 is 0 Å². The Morgan fingerprint density at radius 2 is 1.90 bits per heavy atom. The molecular formula is C16H23NO2S. The van der Waals surface area contributed by atoms with Crippen molar-refractivity contribution in [2.24, 2.45) is 0 Å². The third-order valence-electron chi connectivity index (χ3n) is 4.72. The highest BCUT2D eigenvalue weighted by atomic mass is 32.2. The molecule has 0 radical (unpaired) electrons. The number of aryl methyl sites for hydroxylation is 2. The molecule has 4 heteroatoms. The number of rotatable bonds is 3. The summed E-state index contributed by atoms with van der Waals surface area (Å²) in [5.74, 6) is 0. The molecule has 1 atom stereocenters. The highest BCUT2D eigenvalue weighted by Gasteiger charge is 2.34. The fourth-order valence-corrected chi connectivity index (χ4v) is 5.36. The van der Waals surface area contributed by atoms with Crippen LogP contribution in [0.1, 0.15) is 50.2 Å². The van der Waals surface area contributed by atoms with Crippen LogP contribution in [0.5, 0.6) is 0 Å². The van der Waals surface area contributed by atoms with Gasteiger partial charge in [-0.2, -0.15) is 4.31 Å². The van der Waals surface area contributed by atoms with Crippen LogP contribution >= 0.6 is 0 Å². The van der Waals surface area contributed by atoms with Gasteiger partial charge in [-0.3, -0.25) is 0 Å². The second kappa shape index (κ2) is 5.49. The number of nitrogens with zero attached hydrogens (tertiary/aromatic N) is 1. The van der Waals surface area contributed by atoms with Gasteiger partial charge >= 0.3 is 0 Å². The topological polar surface area (TPSA) is 37.4 Å². The highest BCUT2D eigenvalue weighted by molar-refractivity contribution is 7.89. The maximum absolute atomic E-state index is 12.8. The Kier molecular flexibility index (Phi) is 3.87. The van der Waals surface area contributed by atoms with Crippen LogP contribution in [0.2, 0.25) is 0 Å². The molecule has 1 aromatic rings. The fraction of sp³-hybridized carbons (Fsp3) is 0.625. The Labute approximate surface area is 122 Å². The van der Waals surface area contributed by atoms with Gasteiger partial charge in [0.2, 0.25) is 10.0 Å². The first-order valence-electron chi connectivity index (χ1n) is 7.76. The van der Waals surface area contributed by atoms with Gasteiger partial charge in [-0.25, -0.2) is 8.42 Å². The van der Waals surface area contributed by atoms with Gasteiger partial charge in [0, 0.05) is 12.6 Å². The van der Waals surface area contributed by atoms with Crippen molar-refractivity contribution in [1.82, 2.24) is 4.31 Å². The summed E-state index contributed by atoms with van der Waals surface area (Å²) in [5, 5.41) is 0. The molecule has 20 heavy (non-hydrogen) atoms. The lowest BCUT2D eigenvalue weighted by Crippen LogP contribution is -2.35. The summed E-state index contributed by atoms with van der Waals surface area (Å²) in [5.41, 5.74) is 2.58. The van der Waals surface area contributed by atoms with Crippen LogP contribution in [0.3, 0.4) is 0 Å².